The zero-order valence-corrected chi connectivity index (χ0v) is 20.8. The van der Waals surface area contributed by atoms with Crippen molar-refractivity contribution in [2.75, 3.05) is 5.32 Å². The molecule has 3 aromatic rings. The highest BCUT2D eigenvalue weighted by Crippen LogP contribution is 2.37. The second-order valence-corrected chi connectivity index (χ2v) is 9.55. The van der Waals surface area contributed by atoms with Crippen LogP contribution in [0.4, 0.5) is 27.6 Å². The molecule has 0 aliphatic heterocycles. The number of hydrogen-bond donors (Lipinski definition) is 3. The first-order valence-electron chi connectivity index (χ1n) is 12.4. The lowest BCUT2D eigenvalue weighted by molar-refractivity contribution is -0.137. The molecule has 3 N–H and O–H groups in total. The summed E-state index contributed by atoms with van der Waals surface area (Å²) in [6.45, 7) is 3.94. The molecule has 0 saturated heterocycles. The molecule has 1 fully saturated rings. The third-order valence-electron chi connectivity index (χ3n) is 7.12. The van der Waals surface area contributed by atoms with E-state index in [-0.39, 0.29) is 40.6 Å². The Morgan fingerprint density at radius 2 is 1.58 bits per heavy atom. The molecule has 4 rings (SSSR count). The van der Waals surface area contributed by atoms with E-state index in [4.69, 9.17) is 4.74 Å². The standard InChI is InChI=1S/C27H28F5N3O3/c1-3-14-9-17(10-15(4-2)24(14)38-18-7-5-16(6-8-18)27(30,31)32)34-25(36)26(37)35-23-13-33-22-12-21(29)20(28)11-19(22)23/h5-8,11-15,17,24,33H,3-4,9-10H2,1-2H3,(H,34,36)(H,35,37)/t14-,15+,17?,24?. The van der Waals surface area contributed by atoms with Crippen molar-refractivity contribution >= 4 is 28.4 Å². The Bertz CT molecular complexity index is 1290. The third-order valence-corrected chi connectivity index (χ3v) is 7.12. The van der Waals surface area contributed by atoms with Crippen LogP contribution in [0.25, 0.3) is 10.9 Å². The molecule has 38 heavy (non-hydrogen) atoms. The van der Waals surface area contributed by atoms with Crippen molar-refractivity contribution in [2.45, 2.75) is 57.9 Å². The molecule has 1 aliphatic rings. The van der Waals surface area contributed by atoms with Gasteiger partial charge < -0.3 is 20.4 Å². The van der Waals surface area contributed by atoms with Crippen LogP contribution in [0.3, 0.4) is 0 Å². The fourth-order valence-electron chi connectivity index (χ4n) is 5.12. The van der Waals surface area contributed by atoms with Crippen LogP contribution in [0.2, 0.25) is 0 Å². The number of hydrogen-bond acceptors (Lipinski definition) is 3. The fourth-order valence-corrected chi connectivity index (χ4v) is 5.12. The molecule has 1 heterocycles. The first kappa shape index (κ1) is 27.4. The summed E-state index contributed by atoms with van der Waals surface area (Å²) >= 11 is 0. The summed E-state index contributed by atoms with van der Waals surface area (Å²) in [4.78, 5) is 28.0. The SMILES string of the molecule is CC[C@@H]1CC(NC(=O)C(=O)Nc2c[nH]c3cc(F)c(F)cc23)C[C@H](CC)C1Oc1ccc(C(F)(F)F)cc1. The Kier molecular flexibility index (Phi) is 7.94. The zero-order valence-electron chi connectivity index (χ0n) is 20.8. The van der Waals surface area contributed by atoms with Gasteiger partial charge in [0.2, 0.25) is 0 Å². The number of ether oxygens (including phenoxy) is 1. The van der Waals surface area contributed by atoms with Crippen LogP contribution in [0.5, 0.6) is 5.75 Å². The van der Waals surface area contributed by atoms with Crippen molar-refractivity contribution in [3.8, 4) is 5.75 Å². The lowest BCUT2D eigenvalue weighted by Crippen LogP contribution is -2.50. The number of alkyl halides is 3. The van der Waals surface area contributed by atoms with Gasteiger partial charge in [0.15, 0.2) is 11.6 Å². The average Bonchev–Trinajstić information content (AvgIpc) is 3.25. The molecule has 1 aliphatic carbocycles. The van der Waals surface area contributed by atoms with Crippen molar-refractivity contribution in [1.29, 1.82) is 0 Å². The highest BCUT2D eigenvalue weighted by atomic mass is 19.4. The van der Waals surface area contributed by atoms with Crippen LogP contribution in [0, 0.1) is 23.5 Å². The first-order valence-corrected chi connectivity index (χ1v) is 12.4. The van der Waals surface area contributed by atoms with Gasteiger partial charge in [-0.25, -0.2) is 8.78 Å². The number of halogens is 5. The largest absolute Gasteiger partial charge is 0.490 e. The Morgan fingerprint density at radius 1 is 0.974 bits per heavy atom. The Hall–Kier alpha value is -3.63. The molecule has 4 atom stereocenters. The van der Waals surface area contributed by atoms with E-state index in [9.17, 15) is 31.5 Å². The highest BCUT2D eigenvalue weighted by molar-refractivity contribution is 6.40. The van der Waals surface area contributed by atoms with E-state index in [2.05, 4.69) is 15.6 Å². The second-order valence-electron chi connectivity index (χ2n) is 9.55. The predicted molar refractivity (Wildman–Crippen MR) is 131 cm³/mol. The van der Waals surface area contributed by atoms with E-state index in [0.29, 0.717) is 31.4 Å². The van der Waals surface area contributed by atoms with Crippen molar-refractivity contribution in [3.05, 3.63) is 59.8 Å². The zero-order chi connectivity index (χ0) is 27.6. The third kappa shape index (κ3) is 5.92. The van der Waals surface area contributed by atoms with Crippen molar-refractivity contribution in [1.82, 2.24) is 10.3 Å². The maximum absolute atomic E-state index is 13.6. The number of nitrogens with one attached hydrogen (secondary N) is 3. The van der Waals surface area contributed by atoms with Gasteiger partial charge in [0.25, 0.3) is 0 Å². The van der Waals surface area contributed by atoms with Gasteiger partial charge in [-0.1, -0.05) is 13.8 Å². The Balaban J connectivity index is 1.40. The topological polar surface area (TPSA) is 83.2 Å². The maximum atomic E-state index is 13.6. The van der Waals surface area contributed by atoms with Gasteiger partial charge >= 0.3 is 18.0 Å². The van der Waals surface area contributed by atoms with Crippen LogP contribution in [0.15, 0.2) is 42.6 Å². The van der Waals surface area contributed by atoms with Crippen LogP contribution in [-0.4, -0.2) is 28.9 Å². The summed E-state index contributed by atoms with van der Waals surface area (Å²) in [5.41, 5.74) is -0.341. The molecule has 0 bridgehead atoms. The summed E-state index contributed by atoms with van der Waals surface area (Å²) in [6, 6.07) is 6.17. The summed E-state index contributed by atoms with van der Waals surface area (Å²) in [5.74, 6) is -3.59. The molecule has 1 saturated carbocycles. The number of H-pyrrole nitrogens is 1. The van der Waals surface area contributed by atoms with Gasteiger partial charge in [0, 0.05) is 23.7 Å². The maximum Gasteiger partial charge on any atom is 0.416 e. The summed E-state index contributed by atoms with van der Waals surface area (Å²) in [7, 11) is 0. The van der Waals surface area contributed by atoms with E-state index in [1.165, 1.54) is 18.3 Å². The number of anilines is 1. The molecule has 204 valence electrons. The van der Waals surface area contributed by atoms with Crippen molar-refractivity contribution < 1.29 is 36.3 Å². The van der Waals surface area contributed by atoms with E-state index in [1.54, 1.807) is 0 Å². The van der Waals surface area contributed by atoms with E-state index in [1.807, 2.05) is 13.8 Å². The molecule has 2 amide bonds. The molecular formula is C27H28F5N3O3. The minimum atomic E-state index is -4.43. The number of amides is 2. The molecule has 0 spiro atoms. The van der Waals surface area contributed by atoms with Gasteiger partial charge in [-0.15, -0.1) is 0 Å². The van der Waals surface area contributed by atoms with Gasteiger partial charge in [0.05, 0.1) is 16.8 Å². The first-order chi connectivity index (χ1) is 18.0. The lowest BCUT2D eigenvalue weighted by Gasteiger charge is -2.41. The minimum absolute atomic E-state index is 0.00385. The van der Waals surface area contributed by atoms with Gasteiger partial charge in [-0.2, -0.15) is 13.2 Å². The smallest absolute Gasteiger partial charge is 0.416 e. The minimum Gasteiger partial charge on any atom is -0.490 e. The Labute approximate surface area is 215 Å². The summed E-state index contributed by atoms with van der Waals surface area (Å²) in [6.07, 6.45) is -0.885. The Morgan fingerprint density at radius 3 is 2.16 bits per heavy atom. The molecule has 6 nitrogen and oxygen atoms in total. The van der Waals surface area contributed by atoms with Crippen LogP contribution < -0.4 is 15.4 Å². The van der Waals surface area contributed by atoms with Gasteiger partial charge in [-0.3, -0.25) is 9.59 Å². The molecule has 2 aromatic carbocycles. The van der Waals surface area contributed by atoms with E-state index in [0.717, 1.165) is 24.3 Å². The van der Waals surface area contributed by atoms with Crippen LogP contribution in [0.1, 0.15) is 45.1 Å². The fraction of sp³-hybridized carbons (Fsp3) is 0.407. The lowest BCUT2D eigenvalue weighted by atomic mass is 9.73. The number of rotatable bonds is 6. The van der Waals surface area contributed by atoms with Gasteiger partial charge in [-0.05, 0) is 67.9 Å². The van der Waals surface area contributed by atoms with E-state index >= 15 is 0 Å². The van der Waals surface area contributed by atoms with Crippen LogP contribution >= 0.6 is 0 Å². The predicted octanol–water partition coefficient (Wildman–Crippen LogP) is 6.18. The molecule has 1 aromatic heterocycles. The highest BCUT2D eigenvalue weighted by Gasteiger charge is 2.39. The molecule has 0 radical (unpaired) electrons. The number of carbonyl (C=O) groups excluding carboxylic acids is 2. The van der Waals surface area contributed by atoms with Gasteiger partial charge in [0.1, 0.15) is 11.9 Å². The monoisotopic (exact) mass is 537 g/mol. The van der Waals surface area contributed by atoms with Crippen LogP contribution in [-0.2, 0) is 15.8 Å². The number of benzene rings is 2. The number of carbonyl (C=O) groups is 2. The number of aromatic nitrogens is 1. The number of aromatic amines is 1. The van der Waals surface area contributed by atoms with E-state index < -0.39 is 35.2 Å². The summed E-state index contributed by atoms with van der Waals surface area (Å²) in [5, 5.41) is 5.42. The quantitative estimate of drug-likeness (QED) is 0.259. The van der Waals surface area contributed by atoms with Crippen molar-refractivity contribution in [3.63, 3.8) is 0 Å². The summed E-state index contributed by atoms with van der Waals surface area (Å²) < 4.78 is 71.9. The molecular weight excluding hydrogens is 509 g/mol. The molecule has 11 heteroatoms. The normalized spacial score (nSPS) is 21.8. The van der Waals surface area contributed by atoms with Crippen molar-refractivity contribution in [2.24, 2.45) is 11.8 Å². The number of fused-ring (bicyclic) bond motifs is 1. The average molecular weight is 538 g/mol. The molecule has 2 unspecified atom stereocenters. The second kappa shape index (κ2) is 11.0.